The van der Waals surface area contributed by atoms with Gasteiger partial charge in [0.25, 0.3) is 0 Å². The second-order valence-electron chi connectivity index (χ2n) is 3.55. The van der Waals surface area contributed by atoms with Crippen LogP contribution >= 0.6 is 0 Å². The van der Waals surface area contributed by atoms with Gasteiger partial charge < -0.3 is 15.7 Å². The van der Waals surface area contributed by atoms with Crippen molar-refractivity contribution in [2.24, 2.45) is 0 Å². The third-order valence-corrected chi connectivity index (χ3v) is 2.35. The summed E-state index contributed by atoms with van der Waals surface area (Å²) in [5.41, 5.74) is 2.33. The Hall–Kier alpha value is -0.880. The van der Waals surface area contributed by atoms with Crippen molar-refractivity contribution in [1.82, 2.24) is 9.38 Å². The molecule has 0 aliphatic carbocycles. The first-order valence-corrected chi connectivity index (χ1v) is 4.83. The van der Waals surface area contributed by atoms with Crippen LogP contribution in [0.2, 0.25) is 0 Å². The molecular weight excluding hydrogens is 231 g/mol. The van der Waals surface area contributed by atoms with Crippen molar-refractivity contribution in [2.45, 2.75) is 13.5 Å². The normalized spacial score (nSPS) is 10.2. The van der Waals surface area contributed by atoms with Crippen LogP contribution in [-0.2, 0) is 11.3 Å². The number of aromatic carboxylic acids is 1. The molecule has 0 aliphatic heterocycles. The Balaban J connectivity index is 0.00000144. The average Bonchev–Trinajstić information content (AvgIpc) is 2.61. The minimum absolute atomic E-state index is 0. The van der Waals surface area contributed by atoms with Gasteiger partial charge in [-0.3, -0.25) is 0 Å². The van der Waals surface area contributed by atoms with Gasteiger partial charge in [0.05, 0.1) is 12.3 Å². The van der Waals surface area contributed by atoms with Crippen molar-refractivity contribution in [3.63, 3.8) is 0 Å². The summed E-state index contributed by atoms with van der Waals surface area (Å²) in [6.07, 6.45) is 1.69. The Labute approximate surface area is 122 Å². The maximum atomic E-state index is 11.0. The van der Waals surface area contributed by atoms with Crippen LogP contribution in [0, 0.1) is 6.92 Å². The Morgan fingerprint density at radius 3 is 2.94 bits per heavy atom. The average molecular weight is 244 g/mol. The Morgan fingerprint density at radius 2 is 2.35 bits per heavy atom. The fourth-order valence-corrected chi connectivity index (χ4v) is 1.71. The van der Waals surface area contributed by atoms with E-state index in [-0.39, 0.29) is 36.5 Å². The van der Waals surface area contributed by atoms with E-state index in [0.717, 1.165) is 11.4 Å². The smallest absolute Gasteiger partial charge is 1.00 e. The quantitative estimate of drug-likeness (QED) is 0.675. The van der Waals surface area contributed by atoms with Crippen molar-refractivity contribution in [3.8, 4) is 0 Å². The van der Waals surface area contributed by atoms with E-state index >= 15 is 0 Å². The number of fused-ring (bicyclic) bond motifs is 1. The number of aromatic nitrogens is 2. The fourth-order valence-electron chi connectivity index (χ4n) is 1.71. The molecule has 0 aromatic carbocycles. The first-order valence-electron chi connectivity index (χ1n) is 4.83. The van der Waals surface area contributed by atoms with Gasteiger partial charge in [-0.25, -0.2) is 9.78 Å². The molecule has 0 atom stereocenters. The van der Waals surface area contributed by atoms with E-state index < -0.39 is 5.97 Å². The van der Waals surface area contributed by atoms with Gasteiger partial charge in [0.2, 0.25) is 0 Å². The molecule has 0 spiro atoms. The summed E-state index contributed by atoms with van der Waals surface area (Å²) < 4.78 is 6.80. The van der Waals surface area contributed by atoms with Crippen LogP contribution in [0.3, 0.4) is 0 Å². The zero-order valence-electron chi connectivity index (χ0n) is 11.1. The first kappa shape index (κ1) is 14.2. The molecule has 86 valence electrons. The Kier molecular flexibility index (Phi) is 4.70. The number of aryl methyl sites for hydroxylation is 1. The summed E-state index contributed by atoms with van der Waals surface area (Å²) in [7, 11) is 1.60. The van der Waals surface area contributed by atoms with Crippen molar-refractivity contribution < 1.29 is 45.6 Å². The van der Waals surface area contributed by atoms with Gasteiger partial charge in [-0.05, 0) is 19.1 Å². The van der Waals surface area contributed by atoms with E-state index in [1.165, 1.54) is 0 Å². The molecule has 1 N–H and O–H groups in total. The van der Waals surface area contributed by atoms with Crippen LogP contribution in [0.4, 0.5) is 0 Å². The molecule has 6 heteroatoms. The number of rotatable bonds is 3. The maximum Gasteiger partial charge on any atom is 1.00 e. The number of hydrogen-bond donors (Lipinski definition) is 1. The number of carboxylic acid groups (broad SMARTS) is 1. The number of carbonyl (C=O) groups is 1. The van der Waals surface area contributed by atoms with E-state index in [4.69, 9.17) is 9.84 Å². The molecule has 2 aromatic heterocycles. The Morgan fingerprint density at radius 1 is 1.65 bits per heavy atom. The van der Waals surface area contributed by atoms with Crippen LogP contribution in [-0.4, -0.2) is 27.6 Å². The van der Waals surface area contributed by atoms with E-state index in [9.17, 15) is 4.79 Å². The molecule has 2 heterocycles. The number of ether oxygens (including phenoxy) is 1. The van der Waals surface area contributed by atoms with Gasteiger partial charge in [0.15, 0.2) is 5.65 Å². The molecule has 5 nitrogen and oxygen atoms in total. The maximum absolute atomic E-state index is 11.0. The first-order chi connectivity index (χ1) is 7.63. The van der Waals surface area contributed by atoms with Gasteiger partial charge in [-0.1, -0.05) is 0 Å². The SMILES string of the molecule is COCc1cc(C)nc2c(C(=O)O)ccn12.[H-].[Na+]. The number of nitrogens with zero attached hydrogens (tertiary/aromatic N) is 2. The predicted octanol–water partition coefficient (Wildman–Crippen LogP) is -1.40. The minimum Gasteiger partial charge on any atom is -1.00 e. The molecule has 0 unspecified atom stereocenters. The van der Waals surface area contributed by atoms with Crippen molar-refractivity contribution in [1.29, 1.82) is 0 Å². The van der Waals surface area contributed by atoms with Crippen molar-refractivity contribution >= 4 is 11.6 Å². The zero-order chi connectivity index (χ0) is 11.7. The number of hydrogen-bond acceptors (Lipinski definition) is 3. The summed E-state index contributed by atoms with van der Waals surface area (Å²) >= 11 is 0. The molecular formula is C11H13N2NaO3. The minimum atomic E-state index is -0.969. The summed E-state index contributed by atoms with van der Waals surface area (Å²) in [6, 6.07) is 3.42. The van der Waals surface area contributed by atoms with Crippen LogP contribution in [0.1, 0.15) is 23.2 Å². The topological polar surface area (TPSA) is 63.8 Å². The van der Waals surface area contributed by atoms with Crippen molar-refractivity contribution in [3.05, 3.63) is 35.3 Å². The third-order valence-electron chi connectivity index (χ3n) is 2.35. The second kappa shape index (κ2) is 5.64. The molecule has 0 amide bonds. The summed E-state index contributed by atoms with van der Waals surface area (Å²) in [6.45, 7) is 2.26. The van der Waals surface area contributed by atoms with Gasteiger partial charge in [0.1, 0.15) is 5.56 Å². The van der Waals surface area contributed by atoms with Crippen LogP contribution < -0.4 is 29.6 Å². The van der Waals surface area contributed by atoms with E-state index in [0.29, 0.717) is 12.3 Å². The van der Waals surface area contributed by atoms with E-state index in [2.05, 4.69) is 4.98 Å². The largest absolute Gasteiger partial charge is 1.00 e. The van der Waals surface area contributed by atoms with Crippen LogP contribution in [0.15, 0.2) is 18.3 Å². The number of carboxylic acids is 1. The molecule has 0 aliphatic rings. The molecule has 0 radical (unpaired) electrons. The van der Waals surface area contributed by atoms with Crippen LogP contribution in [0.25, 0.3) is 5.65 Å². The molecule has 0 bridgehead atoms. The van der Waals surface area contributed by atoms with Gasteiger partial charge in [-0.15, -0.1) is 0 Å². The molecule has 2 rings (SSSR count). The fraction of sp³-hybridized carbons (Fsp3) is 0.273. The van der Waals surface area contributed by atoms with Crippen molar-refractivity contribution in [2.75, 3.05) is 7.11 Å². The molecule has 17 heavy (non-hydrogen) atoms. The van der Waals surface area contributed by atoms with Gasteiger partial charge in [0, 0.05) is 19.0 Å². The summed E-state index contributed by atoms with van der Waals surface area (Å²) in [5.74, 6) is -0.969. The predicted molar refractivity (Wildman–Crippen MR) is 58.7 cm³/mol. The van der Waals surface area contributed by atoms with E-state index in [1.807, 2.05) is 13.0 Å². The molecule has 0 fully saturated rings. The summed E-state index contributed by atoms with van der Waals surface area (Å²) in [5, 5.41) is 9.00. The van der Waals surface area contributed by atoms with E-state index in [1.54, 1.807) is 23.8 Å². The molecule has 2 aromatic rings. The molecule has 0 saturated carbocycles. The second-order valence-corrected chi connectivity index (χ2v) is 3.55. The van der Waals surface area contributed by atoms with Crippen LogP contribution in [0.5, 0.6) is 0 Å². The molecule has 0 saturated heterocycles. The standard InChI is InChI=1S/C11H12N2O3.Na.H/c1-7-5-8(6-16-2)13-4-3-9(11(14)15)10(13)12-7;;/h3-5H,6H2,1-2H3,(H,14,15);;/q;+1;-1. The number of methoxy groups -OCH3 is 1. The zero-order valence-corrected chi connectivity index (χ0v) is 12.1. The monoisotopic (exact) mass is 244 g/mol. The summed E-state index contributed by atoms with van der Waals surface area (Å²) in [4.78, 5) is 15.2. The Bertz CT molecular complexity index is 556. The third kappa shape index (κ3) is 2.69. The van der Waals surface area contributed by atoms with Gasteiger partial charge >= 0.3 is 35.5 Å². The van der Waals surface area contributed by atoms with Gasteiger partial charge in [-0.2, -0.15) is 0 Å².